The fraction of sp³-hybridized carbons (Fsp3) is 0.600. The zero-order valence-corrected chi connectivity index (χ0v) is 14.0. The number of benzene rings is 1. The molecule has 0 fully saturated rings. The molecule has 0 aromatic heterocycles. The lowest BCUT2D eigenvalue weighted by Crippen LogP contribution is -2.30. The van der Waals surface area contributed by atoms with Crippen molar-refractivity contribution in [1.82, 2.24) is 5.32 Å². The van der Waals surface area contributed by atoms with E-state index in [0.29, 0.717) is 6.04 Å². The molecule has 0 saturated heterocycles. The molecule has 0 aliphatic carbocycles. The molecule has 0 aliphatic heterocycles. The van der Waals surface area contributed by atoms with Gasteiger partial charge in [0, 0.05) is 21.2 Å². The second-order valence-corrected chi connectivity index (χ2v) is 6.68. The Morgan fingerprint density at radius 2 is 2.00 bits per heavy atom. The minimum absolute atomic E-state index is 0.610. The normalized spacial score (nSPS) is 12.9. The number of hydrogen-bond acceptors (Lipinski definition) is 2. The SMILES string of the molecule is CCC(CC)CC(CSc1cccc(Br)c1)NC. The summed E-state index contributed by atoms with van der Waals surface area (Å²) in [5.74, 6) is 1.99. The number of halogens is 1. The average Bonchev–Trinajstić information content (AvgIpc) is 2.39. The largest absolute Gasteiger partial charge is 0.316 e. The second kappa shape index (κ2) is 9.00. The highest BCUT2D eigenvalue weighted by Crippen LogP contribution is 2.24. The molecular formula is C15H24BrNS. The average molecular weight is 330 g/mol. The fourth-order valence-electron chi connectivity index (χ4n) is 2.05. The van der Waals surface area contributed by atoms with Crippen LogP contribution >= 0.6 is 27.7 Å². The van der Waals surface area contributed by atoms with Crippen molar-refractivity contribution in [3.05, 3.63) is 28.7 Å². The van der Waals surface area contributed by atoms with Gasteiger partial charge in [-0.1, -0.05) is 48.7 Å². The number of rotatable bonds is 8. The van der Waals surface area contributed by atoms with Crippen LogP contribution in [0.2, 0.25) is 0 Å². The van der Waals surface area contributed by atoms with Crippen LogP contribution in [0.4, 0.5) is 0 Å². The van der Waals surface area contributed by atoms with Gasteiger partial charge in [0.25, 0.3) is 0 Å². The Kier molecular flexibility index (Phi) is 8.03. The molecule has 18 heavy (non-hydrogen) atoms. The predicted octanol–water partition coefficient (Wildman–Crippen LogP) is 4.96. The predicted molar refractivity (Wildman–Crippen MR) is 86.4 cm³/mol. The minimum atomic E-state index is 0.610. The van der Waals surface area contributed by atoms with Crippen LogP contribution in [0, 0.1) is 5.92 Å². The third-order valence-corrected chi connectivity index (χ3v) is 5.08. The van der Waals surface area contributed by atoms with Gasteiger partial charge in [-0.25, -0.2) is 0 Å². The lowest BCUT2D eigenvalue weighted by Gasteiger charge is -2.21. The van der Waals surface area contributed by atoms with Crippen LogP contribution in [0.25, 0.3) is 0 Å². The van der Waals surface area contributed by atoms with E-state index >= 15 is 0 Å². The molecule has 0 radical (unpaired) electrons. The monoisotopic (exact) mass is 329 g/mol. The molecule has 0 aliphatic rings. The molecule has 0 spiro atoms. The molecule has 1 rings (SSSR count). The maximum absolute atomic E-state index is 3.52. The van der Waals surface area contributed by atoms with E-state index in [1.165, 1.54) is 24.2 Å². The molecule has 1 aromatic rings. The Labute approximate surface area is 124 Å². The number of thioether (sulfide) groups is 1. The van der Waals surface area contributed by atoms with Gasteiger partial charge < -0.3 is 5.32 Å². The zero-order chi connectivity index (χ0) is 13.4. The van der Waals surface area contributed by atoms with E-state index in [0.717, 1.165) is 16.1 Å². The Morgan fingerprint density at radius 3 is 2.56 bits per heavy atom. The van der Waals surface area contributed by atoms with E-state index in [4.69, 9.17) is 0 Å². The highest BCUT2D eigenvalue weighted by atomic mass is 79.9. The van der Waals surface area contributed by atoms with E-state index in [-0.39, 0.29) is 0 Å². The van der Waals surface area contributed by atoms with Crippen molar-refractivity contribution in [1.29, 1.82) is 0 Å². The molecule has 0 heterocycles. The van der Waals surface area contributed by atoms with E-state index in [2.05, 4.69) is 66.4 Å². The van der Waals surface area contributed by atoms with Gasteiger partial charge in [0.05, 0.1) is 0 Å². The van der Waals surface area contributed by atoms with E-state index in [1.54, 1.807) is 0 Å². The van der Waals surface area contributed by atoms with Gasteiger partial charge in [-0.2, -0.15) is 0 Å². The zero-order valence-electron chi connectivity index (χ0n) is 11.6. The summed E-state index contributed by atoms with van der Waals surface area (Å²) in [7, 11) is 2.08. The molecule has 1 N–H and O–H groups in total. The van der Waals surface area contributed by atoms with Crippen molar-refractivity contribution in [2.24, 2.45) is 5.92 Å². The van der Waals surface area contributed by atoms with Crippen molar-refractivity contribution in [3.63, 3.8) is 0 Å². The third kappa shape index (κ3) is 5.77. The summed E-state index contributed by atoms with van der Waals surface area (Å²) < 4.78 is 1.16. The van der Waals surface area contributed by atoms with Crippen LogP contribution in [0.3, 0.4) is 0 Å². The standard InChI is InChI=1S/C15H24BrNS/c1-4-12(5-2)9-14(17-3)11-18-15-8-6-7-13(16)10-15/h6-8,10,12,14,17H,4-5,9,11H2,1-3H3. The van der Waals surface area contributed by atoms with Gasteiger partial charge in [-0.15, -0.1) is 11.8 Å². The molecule has 0 saturated carbocycles. The highest BCUT2D eigenvalue weighted by molar-refractivity contribution is 9.10. The molecule has 1 unspecified atom stereocenters. The van der Waals surface area contributed by atoms with Crippen molar-refractivity contribution < 1.29 is 0 Å². The van der Waals surface area contributed by atoms with Gasteiger partial charge in [0.1, 0.15) is 0 Å². The molecule has 1 atom stereocenters. The first-order valence-electron chi connectivity index (χ1n) is 6.75. The van der Waals surface area contributed by atoms with Gasteiger partial charge >= 0.3 is 0 Å². The minimum Gasteiger partial charge on any atom is -0.316 e. The Morgan fingerprint density at radius 1 is 1.28 bits per heavy atom. The first-order chi connectivity index (χ1) is 8.69. The van der Waals surface area contributed by atoms with Crippen LogP contribution in [0.5, 0.6) is 0 Å². The summed E-state index contributed by atoms with van der Waals surface area (Å²) in [4.78, 5) is 1.34. The molecule has 0 bridgehead atoms. The maximum atomic E-state index is 3.52. The molecule has 3 heteroatoms. The number of nitrogens with one attached hydrogen (secondary N) is 1. The Hall–Kier alpha value is 0.01000. The van der Waals surface area contributed by atoms with Crippen LogP contribution < -0.4 is 5.32 Å². The van der Waals surface area contributed by atoms with Crippen LogP contribution in [-0.4, -0.2) is 18.8 Å². The topological polar surface area (TPSA) is 12.0 Å². The van der Waals surface area contributed by atoms with Gasteiger partial charge in [0.2, 0.25) is 0 Å². The van der Waals surface area contributed by atoms with Crippen molar-refractivity contribution in [3.8, 4) is 0 Å². The summed E-state index contributed by atoms with van der Waals surface area (Å²) in [5, 5.41) is 3.45. The molecule has 102 valence electrons. The van der Waals surface area contributed by atoms with Crippen molar-refractivity contribution in [2.45, 2.75) is 44.0 Å². The summed E-state index contributed by atoms with van der Waals surface area (Å²) in [5.41, 5.74) is 0. The summed E-state index contributed by atoms with van der Waals surface area (Å²) in [6.45, 7) is 4.59. The molecular weight excluding hydrogens is 306 g/mol. The first kappa shape index (κ1) is 16.1. The second-order valence-electron chi connectivity index (χ2n) is 4.67. The molecule has 1 nitrogen and oxygen atoms in total. The third-order valence-electron chi connectivity index (χ3n) is 3.43. The summed E-state index contributed by atoms with van der Waals surface area (Å²) in [6, 6.07) is 9.15. The van der Waals surface area contributed by atoms with Crippen LogP contribution in [0.15, 0.2) is 33.6 Å². The number of hydrogen-bond donors (Lipinski definition) is 1. The van der Waals surface area contributed by atoms with Crippen LogP contribution in [0.1, 0.15) is 33.1 Å². The first-order valence-corrected chi connectivity index (χ1v) is 8.53. The van der Waals surface area contributed by atoms with Crippen LogP contribution in [-0.2, 0) is 0 Å². The van der Waals surface area contributed by atoms with Gasteiger partial charge in [-0.05, 0) is 37.6 Å². The lowest BCUT2D eigenvalue weighted by molar-refractivity contribution is 0.397. The van der Waals surface area contributed by atoms with E-state index in [1.807, 2.05) is 11.8 Å². The fourth-order valence-corrected chi connectivity index (χ4v) is 3.68. The lowest BCUT2D eigenvalue weighted by atomic mass is 9.95. The van der Waals surface area contributed by atoms with Gasteiger partial charge in [-0.3, -0.25) is 0 Å². The quantitative estimate of drug-likeness (QED) is 0.677. The summed E-state index contributed by atoms with van der Waals surface area (Å²) >= 11 is 5.46. The highest BCUT2D eigenvalue weighted by Gasteiger charge is 2.12. The van der Waals surface area contributed by atoms with Gasteiger partial charge in [0.15, 0.2) is 0 Å². The summed E-state index contributed by atoms with van der Waals surface area (Å²) in [6.07, 6.45) is 3.86. The Bertz CT molecular complexity index is 339. The van der Waals surface area contributed by atoms with Crippen molar-refractivity contribution >= 4 is 27.7 Å². The van der Waals surface area contributed by atoms with Crippen molar-refractivity contribution in [2.75, 3.05) is 12.8 Å². The van der Waals surface area contributed by atoms with E-state index in [9.17, 15) is 0 Å². The molecule has 0 amide bonds. The van der Waals surface area contributed by atoms with E-state index < -0.39 is 0 Å². The smallest absolute Gasteiger partial charge is 0.0186 e. The Balaban J connectivity index is 2.44. The molecule has 1 aromatic carbocycles. The maximum Gasteiger partial charge on any atom is 0.0186 e.